The third-order valence-corrected chi connectivity index (χ3v) is 5.84. The summed E-state index contributed by atoms with van der Waals surface area (Å²) in [4.78, 5) is 30.3. The number of rotatable bonds is 2. The number of halogens is 1. The number of hydrogen-bond donors (Lipinski definition) is 1. The molecule has 1 N–H and O–H groups in total. The van der Waals surface area contributed by atoms with Crippen LogP contribution in [0, 0.1) is 5.92 Å². The number of carbonyl (C=O) groups excluding carboxylic acids is 2. The largest absolute Gasteiger partial charge is 0.342 e. The maximum atomic E-state index is 12.8. The van der Waals surface area contributed by atoms with E-state index < -0.39 is 0 Å². The van der Waals surface area contributed by atoms with E-state index in [2.05, 4.69) is 5.32 Å². The van der Waals surface area contributed by atoms with E-state index in [1.807, 2.05) is 16.8 Å². The summed E-state index contributed by atoms with van der Waals surface area (Å²) in [6, 6.07) is 1.66. The number of carbonyl (C=O) groups is 2. The van der Waals surface area contributed by atoms with Gasteiger partial charge in [-0.1, -0.05) is 0 Å². The van der Waals surface area contributed by atoms with Crippen LogP contribution in [-0.4, -0.2) is 79.0 Å². The van der Waals surface area contributed by atoms with E-state index in [4.69, 9.17) is 0 Å². The molecule has 0 radical (unpaired) electrons. The monoisotopic (exact) mass is 358 g/mol. The summed E-state index contributed by atoms with van der Waals surface area (Å²) >= 11 is 0. The molecule has 3 fully saturated rings. The second-order valence-corrected chi connectivity index (χ2v) is 7.65. The molecule has 3 aliphatic rings. The number of nitrogens with one attached hydrogen (secondary N) is 1. The standard InChI is InChI=1S/C17H30N4O2.ClH/c1-19(2)17(23)21-8-6-12(7-9-21)16(22)20(3)15-10-13-4-5-14(11-15)18-13;/h12-15,18H,4-11H2,1-3H3;1H. The lowest BCUT2D eigenvalue weighted by molar-refractivity contribution is -0.138. The van der Waals surface area contributed by atoms with Crippen molar-refractivity contribution in [3.8, 4) is 0 Å². The Morgan fingerprint density at radius 3 is 2.00 bits per heavy atom. The summed E-state index contributed by atoms with van der Waals surface area (Å²) in [5.74, 6) is 0.368. The highest BCUT2D eigenvalue weighted by Gasteiger charge is 2.38. The Morgan fingerprint density at radius 2 is 1.50 bits per heavy atom. The van der Waals surface area contributed by atoms with Crippen LogP contribution in [0.25, 0.3) is 0 Å². The highest BCUT2D eigenvalue weighted by Crippen LogP contribution is 2.30. The first-order valence-electron chi connectivity index (χ1n) is 8.94. The van der Waals surface area contributed by atoms with Gasteiger partial charge in [-0.15, -0.1) is 12.4 Å². The van der Waals surface area contributed by atoms with Crippen molar-refractivity contribution in [2.24, 2.45) is 5.92 Å². The molecule has 0 aromatic carbocycles. The van der Waals surface area contributed by atoms with E-state index in [0.717, 1.165) is 25.7 Å². The van der Waals surface area contributed by atoms with Crippen molar-refractivity contribution in [3.05, 3.63) is 0 Å². The van der Waals surface area contributed by atoms with Gasteiger partial charge in [0.2, 0.25) is 5.91 Å². The molecule has 3 aliphatic heterocycles. The van der Waals surface area contributed by atoms with Crippen molar-refractivity contribution >= 4 is 24.3 Å². The van der Waals surface area contributed by atoms with Gasteiger partial charge in [-0.25, -0.2) is 4.79 Å². The topological polar surface area (TPSA) is 55.9 Å². The first-order valence-corrected chi connectivity index (χ1v) is 8.94. The molecule has 2 bridgehead atoms. The fraction of sp³-hybridized carbons (Fsp3) is 0.882. The SMILES string of the molecule is CN(C)C(=O)N1CCC(C(=O)N(C)C2CC3CCC(C2)N3)CC1.Cl. The number of urea groups is 1. The molecule has 0 aliphatic carbocycles. The number of amides is 3. The van der Waals surface area contributed by atoms with Crippen LogP contribution in [0.15, 0.2) is 0 Å². The summed E-state index contributed by atoms with van der Waals surface area (Å²) < 4.78 is 0. The van der Waals surface area contributed by atoms with Crippen molar-refractivity contribution in [3.63, 3.8) is 0 Å². The molecule has 7 heteroatoms. The Kier molecular flexibility index (Phi) is 6.37. The molecule has 0 aromatic rings. The minimum Gasteiger partial charge on any atom is -0.342 e. The van der Waals surface area contributed by atoms with E-state index in [0.29, 0.717) is 31.2 Å². The van der Waals surface area contributed by atoms with Gasteiger partial charge in [0.25, 0.3) is 0 Å². The summed E-state index contributed by atoms with van der Waals surface area (Å²) in [7, 11) is 5.53. The quantitative estimate of drug-likeness (QED) is 0.814. The van der Waals surface area contributed by atoms with Gasteiger partial charge in [0.1, 0.15) is 0 Å². The van der Waals surface area contributed by atoms with Gasteiger partial charge >= 0.3 is 6.03 Å². The van der Waals surface area contributed by atoms with Crippen LogP contribution in [0.5, 0.6) is 0 Å². The predicted molar refractivity (Wildman–Crippen MR) is 96.4 cm³/mol. The lowest BCUT2D eigenvalue weighted by atomic mass is 9.92. The fourth-order valence-corrected chi connectivity index (χ4v) is 4.41. The van der Waals surface area contributed by atoms with Crippen LogP contribution in [0.1, 0.15) is 38.5 Å². The second-order valence-electron chi connectivity index (χ2n) is 7.65. The molecular weight excluding hydrogens is 328 g/mol. The third-order valence-electron chi connectivity index (χ3n) is 5.84. The van der Waals surface area contributed by atoms with Gasteiger partial charge in [-0.05, 0) is 38.5 Å². The van der Waals surface area contributed by atoms with E-state index in [-0.39, 0.29) is 30.3 Å². The van der Waals surface area contributed by atoms with E-state index >= 15 is 0 Å². The molecule has 3 rings (SSSR count). The Morgan fingerprint density at radius 1 is 0.958 bits per heavy atom. The van der Waals surface area contributed by atoms with Crippen molar-refractivity contribution in [1.29, 1.82) is 0 Å². The Hall–Kier alpha value is -1.01. The molecule has 2 atom stereocenters. The number of nitrogens with zero attached hydrogens (tertiary/aromatic N) is 3. The van der Waals surface area contributed by atoms with Crippen LogP contribution in [-0.2, 0) is 4.79 Å². The first-order chi connectivity index (χ1) is 11.0. The minimum atomic E-state index is 0. The lowest BCUT2D eigenvalue weighted by Gasteiger charge is -2.39. The van der Waals surface area contributed by atoms with Gasteiger partial charge in [0, 0.05) is 58.3 Å². The fourth-order valence-electron chi connectivity index (χ4n) is 4.41. The Balaban J connectivity index is 0.00000208. The average molecular weight is 359 g/mol. The number of fused-ring (bicyclic) bond motifs is 2. The first kappa shape index (κ1) is 19.3. The van der Waals surface area contributed by atoms with Gasteiger partial charge in [0.05, 0.1) is 0 Å². The van der Waals surface area contributed by atoms with E-state index in [9.17, 15) is 9.59 Å². The number of piperidine rings is 2. The van der Waals surface area contributed by atoms with Gasteiger partial charge in [-0.3, -0.25) is 4.79 Å². The molecule has 0 aromatic heterocycles. The molecular formula is C17H31ClN4O2. The second kappa shape index (κ2) is 7.91. The van der Waals surface area contributed by atoms with Gasteiger partial charge in [0.15, 0.2) is 0 Å². The van der Waals surface area contributed by atoms with E-state index in [1.165, 1.54) is 12.8 Å². The predicted octanol–water partition coefficient (Wildman–Crippen LogP) is 1.54. The van der Waals surface area contributed by atoms with Crippen LogP contribution in [0.3, 0.4) is 0 Å². The number of hydrogen-bond acceptors (Lipinski definition) is 3. The molecule has 2 unspecified atom stereocenters. The molecule has 3 saturated heterocycles. The zero-order chi connectivity index (χ0) is 16.6. The van der Waals surface area contributed by atoms with Crippen LogP contribution in [0.2, 0.25) is 0 Å². The normalized spacial score (nSPS) is 29.8. The lowest BCUT2D eigenvalue weighted by Crippen LogP contribution is -2.52. The molecule has 24 heavy (non-hydrogen) atoms. The highest BCUT2D eigenvalue weighted by atomic mass is 35.5. The maximum Gasteiger partial charge on any atom is 0.319 e. The van der Waals surface area contributed by atoms with E-state index in [1.54, 1.807) is 19.0 Å². The van der Waals surface area contributed by atoms with Crippen molar-refractivity contribution in [2.75, 3.05) is 34.2 Å². The number of likely N-dealkylation sites (tertiary alicyclic amines) is 1. The smallest absolute Gasteiger partial charge is 0.319 e. The molecule has 0 saturated carbocycles. The average Bonchev–Trinajstić information content (AvgIpc) is 2.90. The highest BCUT2D eigenvalue weighted by molar-refractivity contribution is 5.85. The molecule has 3 heterocycles. The molecule has 0 spiro atoms. The van der Waals surface area contributed by atoms with Crippen LogP contribution < -0.4 is 5.32 Å². The van der Waals surface area contributed by atoms with Gasteiger partial charge in [-0.2, -0.15) is 0 Å². The molecule has 3 amide bonds. The minimum absolute atomic E-state index is 0. The summed E-state index contributed by atoms with van der Waals surface area (Å²) in [5, 5.41) is 3.64. The van der Waals surface area contributed by atoms with Crippen molar-refractivity contribution < 1.29 is 9.59 Å². The Labute approximate surface area is 151 Å². The molecule has 6 nitrogen and oxygen atoms in total. The van der Waals surface area contributed by atoms with Crippen LogP contribution >= 0.6 is 12.4 Å². The van der Waals surface area contributed by atoms with Crippen molar-refractivity contribution in [2.45, 2.75) is 56.7 Å². The van der Waals surface area contributed by atoms with Crippen LogP contribution in [0.4, 0.5) is 4.79 Å². The van der Waals surface area contributed by atoms with Gasteiger partial charge < -0.3 is 20.0 Å². The molecule has 138 valence electrons. The zero-order valence-electron chi connectivity index (χ0n) is 15.0. The summed E-state index contributed by atoms with van der Waals surface area (Å²) in [6.07, 6.45) is 6.29. The summed E-state index contributed by atoms with van der Waals surface area (Å²) in [6.45, 7) is 1.39. The Bertz CT molecular complexity index is 454. The van der Waals surface area contributed by atoms with Crippen molar-refractivity contribution in [1.82, 2.24) is 20.0 Å². The maximum absolute atomic E-state index is 12.8. The summed E-state index contributed by atoms with van der Waals surface area (Å²) in [5.41, 5.74) is 0. The zero-order valence-corrected chi connectivity index (χ0v) is 15.8. The third kappa shape index (κ3) is 3.97.